The Morgan fingerprint density at radius 3 is 2.90 bits per heavy atom. The molecule has 0 bridgehead atoms. The zero-order chi connectivity index (χ0) is 14.7. The first-order valence-electron chi connectivity index (χ1n) is 6.61. The molecule has 1 aromatic rings. The number of rotatable bonds is 4. The number of nitrogens with zero attached hydrogens (tertiary/aromatic N) is 1. The molecule has 0 spiro atoms. The highest BCUT2D eigenvalue weighted by molar-refractivity contribution is 6.31. The number of hydrogen-bond acceptors (Lipinski definition) is 4. The van der Waals surface area contributed by atoms with Gasteiger partial charge in [-0.05, 0) is 18.6 Å². The van der Waals surface area contributed by atoms with Crippen LogP contribution in [0.2, 0.25) is 5.02 Å². The predicted molar refractivity (Wildman–Crippen MR) is 79.2 cm³/mol. The van der Waals surface area contributed by atoms with Gasteiger partial charge in [0, 0.05) is 30.2 Å². The molecule has 2 rings (SSSR count). The smallest absolute Gasteiger partial charge is 0.122 e. The molecule has 2 atom stereocenters. The zero-order valence-electron chi connectivity index (χ0n) is 11.5. The van der Waals surface area contributed by atoms with Gasteiger partial charge >= 0.3 is 0 Å². The van der Waals surface area contributed by atoms with Gasteiger partial charge in [-0.25, -0.2) is 0 Å². The molecule has 1 fully saturated rings. The van der Waals surface area contributed by atoms with Crippen LogP contribution in [0, 0.1) is 5.41 Å². The molecular weight excluding hydrogens is 278 g/mol. The first kappa shape index (κ1) is 15.3. The van der Waals surface area contributed by atoms with Crippen molar-refractivity contribution in [3.05, 3.63) is 34.3 Å². The number of amidine groups is 1. The van der Waals surface area contributed by atoms with Crippen LogP contribution in [-0.4, -0.2) is 47.7 Å². The van der Waals surface area contributed by atoms with E-state index in [1.165, 1.54) is 0 Å². The van der Waals surface area contributed by atoms with Crippen molar-refractivity contribution in [1.82, 2.24) is 4.90 Å². The normalized spacial score (nSPS) is 23.8. The number of nitrogens with two attached hydrogens (primary N) is 1. The topological polar surface area (TPSA) is 82.6 Å². The van der Waals surface area contributed by atoms with E-state index in [2.05, 4.69) is 4.90 Å². The number of benzene rings is 1. The van der Waals surface area contributed by atoms with Crippen LogP contribution in [0.25, 0.3) is 0 Å². The lowest BCUT2D eigenvalue weighted by molar-refractivity contribution is -0.0972. The van der Waals surface area contributed by atoms with Gasteiger partial charge in [0.2, 0.25) is 0 Å². The third-order valence-corrected chi connectivity index (χ3v) is 3.72. The van der Waals surface area contributed by atoms with Gasteiger partial charge < -0.3 is 15.6 Å². The molecule has 1 aliphatic rings. The van der Waals surface area contributed by atoms with Crippen LogP contribution < -0.4 is 5.73 Å². The van der Waals surface area contributed by atoms with Gasteiger partial charge in [0.25, 0.3) is 0 Å². The third-order valence-electron chi connectivity index (χ3n) is 3.36. The second-order valence-corrected chi connectivity index (χ2v) is 5.57. The summed E-state index contributed by atoms with van der Waals surface area (Å²) in [6.45, 7) is 4.21. The largest absolute Gasteiger partial charge is 0.394 e. The van der Waals surface area contributed by atoms with E-state index in [4.69, 9.17) is 27.5 Å². The highest BCUT2D eigenvalue weighted by atomic mass is 35.5. The van der Waals surface area contributed by atoms with Gasteiger partial charge in [0.05, 0.1) is 18.8 Å². The summed E-state index contributed by atoms with van der Waals surface area (Å²) in [5.74, 6) is 0.0128. The van der Waals surface area contributed by atoms with Crippen molar-refractivity contribution in [3.63, 3.8) is 0 Å². The monoisotopic (exact) mass is 297 g/mol. The van der Waals surface area contributed by atoms with E-state index in [-0.39, 0.29) is 24.7 Å². The van der Waals surface area contributed by atoms with Crippen LogP contribution in [0.4, 0.5) is 0 Å². The maximum absolute atomic E-state index is 9.23. The fourth-order valence-corrected chi connectivity index (χ4v) is 2.69. The van der Waals surface area contributed by atoms with Crippen LogP contribution in [-0.2, 0) is 11.3 Å². The quantitative estimate of drug-likeness (QED) is 0.576. The Morgan fingerprint density at radius 2 is 2.30 bits per heavy atom. The fourth-order valence-electron chi connectivity index (χ4n) is 2.45. The number of ether oxygens (including phenoxy) is 1. The number of hydrogen-bond donors (Lipinski definition) is 3. The molecule has 5 nitrogen and oxygen atoms in total. The lowest BCUT2D eigenvalue weighted by Crippen LogP contribution is -2.47. The summed E-state index contributed by atoms with van der Waals surface area (Å²) in [6.07, 6.45) is -0.0508. The van der Waals surface area contributed by atoms with Crippen LogP contribution in [0.1, 0.15) is 18.1 Å². The molecular formula is C14H20ClN3O2. The average Bonchev–Trinajstić information content (AvgIpc) is 2.40. The average molecular weight is 298 g/mol. The maximum Gasteiger partial charge on any atom is 0.122 e. The van der Waals surface area contributed by atoms with Crippen LogP contribution in [0.3, 0.4) is 0 Å². The Balaban J connectivity index is 2.07. The Kier molecular flexibility index (Phi) is 4.99. The van der Waals surface area contributed by atoms with Gasteiger partial charge in [-0.3, -0.25) is 10.3 Å². The Hall–Kier alpha value is -1.14. The number of nitrogens with one attached hydrogen (secondary N) is 1. The minimum Gasteiger partial charge on any atom is -0.394 e. The van der Waals surface area contributed by atoms with Crippen LogP contribution in [0.15, 0.2) is 18.2 Å². The summed E-state index contributed by atoms with van der Waals surface area (Å²) in [4.78, 5) is 2.21. The van der Waals surface area contributed by atoms with Gasteiger partial charge in [-0.1, -0.05) is 23.7 Å². The third kappa shape index (κ3) is 3.70. The van der Waals surface area contributed by atoms with Crippen molar-refractivity contribution in [2.24, 2.45) is 5.73 Å². The summed E-state index contributed by atoms with van der Waals surface area (Å²) in [5, 5.41) is 17.2. The van der Waals surface area contributed by atoms with Crippen molar-refractivity contribution in [2.75, 3.05) is 19.7 Å². The highest BCUT2D eigenvalue weighted by Crippen LogP contribution is 2.21. The van der Waals surface area contributed by atoms with Gasteiger partial charge in [0.15, 0.2) is 0 Å². The lowest BCUT2D eigenvalue weighted by atomic mass is 10.1. The molecule has 2 unspecified atom stereocenters. The molecule has 0 amide bonds. The number of halogens is 1. The SMILES string of the molecule is CC1CN(Cc2ccc(C(=N)N)cc2Cl)CC(CO)O1. The highest BCUT2D eigenvalue weighted by Gasteiger charge is 2.25. The Morgan fingerprint density at radius 1 is 1.55 bits per heavy atom. The van der Waals surface area contributed by atoms with Crippen molar-refractivity contribution in [2.45, 2.75) is 25.7 Å². The molecule has 110 valence electrons. The molecule has 0 radical (unpaired) electrons. The second kappa shape index (κ2) is 6.54. The summed E-state index contributed by atoms with van der Waals surface area (Å²) < 4.78 is 5.61. The first-order chi connectivity index (χ1) is 9.49. The molecule has 6 heteroatoms. The van der Waals surface area contributed by atoms with Gasteiger partial charge in [-0.2, -0.15) is 0 Å². The molecule has 0 saturated carbocycles. The van der Waals surface area contributed by atoms with Crippen molar-refractivity contribution in [3.8, 4) is 0 Å². The molecule has 0 aliphatic carbocycles. The molecule has 20 heavy (non-hydrogen) atoms. The van der Waals surface area contributed by atoms with E-state index in [1.54, 1.807) is 12.1 Å². The van der Waals surface area contributed by atoms with Crippen LogP contribution in [0.5, 0.6) is 0 Å². The molecule has 1 saturated heterocycles. The first-order valence-corrected chi connectivity index (χ1v) is 6.99. The number of morpholine rings is 1. The second-order valence-electron chi connectivity index (χ2n) is 5.17. The van der Waals surface area contributed by atoms with E-state index in [9.17, 15) is 5.11 Å². The van der Waals surface area contributed by atoms with Crippen molar-refractivity contribution >= 4 is 17.4 Å². The molecule has 0 aromatic heterocycles. The molecule has 1 aliphatic heterocycles. The molecule has 4 N–H and O–H groups in total. The van der Waals surface area contributed by atoms with Crippen LogP contribution >= 0.6 is 11.6 Å². The zero-order valence-corrected chi connectivity index (χ0v) is 12.2. The Bertz CT molecular complexity index is 495. The lowest BCUT2D eigenvalue weighted by Gasteiger charge is -2.36. The van der Waals surface area contributed by atoms with E-state index in [0.717, 1.165) is 12.1 Å². The minimum atomic E-state index is -0.144. The van der Waals surface area contributed by atoms with E-state index in [1.807, 2.05) is 13.0 Å². The predicted octanol–water partition coefficient (Wildman–Crippen LogP) is 1.21. The number of aliphatic hydroxyl groups is 1. The van der Waals surface area contributed by atoms with Crippen molar-refractivity contribution < 1.29 is 9.84 Å². The molecule has 1 heterocycles. The maximum atomic E-state index is 9.23. The number of nitrogen functional groups attached to an aromatic ring is 1. The standard InChI is InChI=1S/C14H20ClN3O2/c1-9-5-18(7-12(8-19)20-9)6-11-3-2-10(14(16)17)4-13(11)15/h2-4,9,12,19H,5-8H2,1H3,(H3,16,17). The van der Waals surface area contributed by atoms with Gasteiger partial charge in [-0.15, -0.1) is 0 Å². The fraction of sp³-hybridized carbons (Fsp3) is 0.500. The summed E-state index contributed by atoms with van der Waals surface area (Å²) in [7, 11) is 0. The minimum absolute atomic E-state index is 0.0128. The summed E-state index contributed by atoms with van der Waals surface area (Å²) >= 11 is 6.24. The summed E-state index contributed by atoms with van der Waals surface area (Å²) in [5.41, 5.74) is 7.06. The van der Waals surface area contributed by atoms with Crippen molar-refractivity contribution in [1.29, 1.82) is 5.41 Å². The number of aliphatic hydroxyl groups excluding tert-OH is 1. The van der Waals surface area contributed by atoms with E-state index in [0.29, 0.717) is 23.7 Å². The molecule has 1 aromatic carbocycles. The van der Waals surface area contributed by atoms with E-state index < -0.39 is 0 Å². The van der Waals surface area contributed by atoms with E-state index >= 15 is 0 Å². The summed E-state index contributed by atoms with van der Waals surface area (Å²) in [6, 6.07) is 5.41. The Labute approximate surface area is 123 Å². The van der Waals surface area contributed by atoms with Gasteiger partial charge in [0.1, 0.15) is 5.84 Å².